The molecule has 1 amide bonds. The van der Waals surface area contributed by atoms with Gasteiger partial charge in [-0.1, -0.05) is 29.3 Å². The summed E-state index contributed by atoms with van der Waals surface area (Å²) in [4.78, 5) is 13.9. The average molecular weight is 285 g/mol. The van der Waals surface area contributed by atoms with Crippen LogP contribution < -0.4 is 5.32 Å². The van der Waals surface area contributed by atoms with Crippen molar-refractivity contribution >= 4 is 29.1 Å². The van der Waals surface area contributed by atoms with E-state index in [4.69, 9.17) is 23.2 Å². The second-order valence-corrected chi connectivity index (χ2v) is 5.66. The van der Waals surface area contributed by atoms with E-state index in [0.29, 0.717) is 35.1 Å². The lowest BCUT2D eigenvalue weighted by atomic mass is 10.1. The molecule has 2 aliphatic heterocycles. The standard InChI is InChI=1S/C13H14Cl2N2O/c14-9-2-1-3-10(15)8(9)7-17-12-4-5-16-11(12)6-13(17)18/h1-3,11-12,16H,4-7H2/t11-,12-/m0/s1. The number of hydrogen-bond donors (Lipinski definition) is 1. The highest BCUT2D eigenvalue weighted by Crippen LogP contribution is 2.32. The zero-order chi connectivity index (χ0) is 12.7. The van der Waals surface area contributed by atoms with Gasteiger partial charge < -0.3 is 10.2 Å². The summed E-state index contributed by atoms with van der Waals surface area (Å²) in [7, 11) is 0. The van der Waals surface area contributed by atoms with Crippen molar-refractivity contribution in [3.8, 4) is 0 Å². The highest BCUT2D eigenvalue weighted by molar-refractivity contribution is 6.36. The summed E-state index contributed by atoms with van der Waals surface area (Å²) in [5, 5.41) is 4.62. The molecule has 2 saturated heterocycles. The van der Waals surface area contributed by atoms with Crippen LogP contribution in [-0.2, 0) is 11.3 Å². The summed E-state index contributed by atoms with van der Waals surface area (Å²) in [6.45, 7) is 1.50. The molecule has 2 aliphatic rings. The van der Waals surface area contributed by atoms with Gasteiger partial charge in [-0.05, 0) is 25.1 Å². The number of hydrogen-bond acceptors (Lipinski definition) is 2. The Kier molecular flexibility index (Phi) is 3.22. The van der Waals surface area contributed by atoms with E-state index in [9.17, 15) is 4.79 Å². The number of halogens is 2. The summed E-state index contributed by atoms with van der Waals surface area (Å²) in [5.41, 5.74) is 0.849. The summed E-state index contributed by atoms with van der Waals surface area (Å²) in [6, 6.07) is 6.05. The maximum Gasteiger partial charge on any atom is 0.224 e. The van der Waals surface area contributed by atoms with Crippen LogP contribution >= 0.6 is 23.2 Å². The summed E-state index contributed by atoms with van der Waals surface area (Å²) >= 11 is 12.3. The third-order valence-corrected chi connectivity index (χ3v) is 4.52. The quantitative estimate of drug-likeness (QED) is 0.905. The molecule has 2 atom stereocenters. The lowest BCUT2D eigenvalue weighted by molar-refractivity contribution is -0.129. The van der Waals surface area contributed by atoms with Crippen molar-refractivity contribution in [2.24, 2.45) is 0 Å². The minimum atomic E-state index is 0.188. The number of amides is 1. The van der Waals surface area contributed by atoms with Gasteiger partial charge in [0.25, 0.3) is 0 Å². The molecule has 0 bridgehead atoms. The second kappa shape index (κ2) is 4.72. The van der Waals surface area contributed by atoms with Gasteiger partial charge in [0, 0.05) is 40.7 Å². The van der Waals surface area contributed by atoms with E-state index >= 15 is 0 Å². The van der Waals surface area contributed by atoms with Crippen LogP contribution in [0.15, 0.2) is 18.2 Å². The Morgan fingerprint density at radius 2 is 2.06 bits per heavy atom. The first-order valence-electron chi connectivity index (χ1n) is 6.12. The minimum Gasteiger partial charge on any atom is -0.334 e. The van der Waals surface area contributed by atoms with E-state index in [1.807, 2.05) is 23.1 Å². The molecule has 3 nitrogen and oxygen atoms in total. The largest absolute Gasteiger partial charge is 0.334 e. The van der Waals surface area contributed by atoms with Gasteiger partial charge in [0.1, 0.15) is 0 Å². The molecule has 2 fully saturated rings. The van der Waals surface area contributed by atoms with Crippen molar-refractivity contribution in [1.29, 1.82) is 0 Å². The fourth-order valence-electron chi connectivity index (χ4n) is 2.88. The van der Waals surface area contributed by atoms with Gasteiger partial charge in [-0.25, -0.2) is 0 Å². The molecule has 1 aromatic rings. The molecule has 5 heteroatoms. The lowest BCUT2D eigenvalue weighted by Gasteiger charge is -2.24. The number of fused-ring (bicyclic) bond motifs is 1. The predicted octanol–water partition coefficient (Wildman–Crippen LogP) is 2.46. The van der Waals surface area contributed by atoms with E-state index in [-0.39, 0.29) is 5.91 Å². The fraction of sp³-hybridized carbons (Fsp3) is 0.462. The van der Waals surface area contributed by atoms with Gasteiger partial charge >= 0.3 is 0 Å². The average Bonchev–Trinajstić information content (AvgIpc) is 2.86. The summed E-state index contributed by atoms with van der Waals surface area (Å²) in [6.07, 6.45) is 1.60. The Balaban J connectivity index is 1.86. The Morgan fingerprint density at radius 1 is 1.33 bits per heavy atom. The Bertz CT molecular complexity index is 472. The fourth-order valence-corrected chi connectivity index (χ4v) is 3.40. The van der Waals surface area contributed by atoms with Gasteiger partial charge in [0.05, 0.1) is 0 Å². The van der Waals surface area contributed by atoms with Gasteiger partial charge in [0.15, 0.2) is 0 Å². The van der Waals surface area contributed by atoms with Crippen LogP contribution in [-0.4, -0.2) is 29.4 Å². The highest BCUT2D eigenvalue weighted by atomic mass is 35.5. The van der Waals surface area contributed by atoms with Crippen LogP contribution in [0, 0.1) is 0 Å². The van der Waals surface area contributed by atoms with Crippen molar-refractivity contribution in [2.45, 2.75) is 31.5 Å². The minimum absolute atomic E-state index is 0.188. The molecule has 0 radical (unpaired) electrons. The van der Waals surface area contributed by atoms with Gasteiger partial charge in [-0.3, -0.25) is 4.79 Å². The van der Waals surface area contributed by atoms with Crippen molar-refractivity contribution in [1.82, 2.24) is 10.2 Å². The molecular weight excluding hydrogens is 271 g/mol. The Morgan fingerprint density at radius 3 is 2.78 bits per heavy atom. The molecule has 2 heterocycles. The van der Waals surface area contributed by atoms with Crippen LogP contribution in [0.1, 0.15) is 18.4 Å². The third-order valence-electron chi connectivity index (χ3n) is 3.82. The van der Waals surface area contributed by atoms with Crippen molar-refractivity contribution in [2.75, 3.05) is 6.54 Å². The first-order chi connectivity index (χ1) is 8.66. The van der Waals surface area contributed by atoms with Gasteiger partial charge in [-0.15, -0.1) is 0 Å². The topological polar surface area (TPSA) is 32.3 Å². The van der Waals surface area contributed by atoms with Crippen molar-refractivity contribution in [3.05, 3.63) is 33.8 Å². The number of likely N-dealkylation sites (tertiary alicyclic amines) is 1. The summed E-state index contributed by atoms with van der Waals surface area (Å²) in [5.74, 6) is 0.188. The Labute approximate surface area is 116 Å². The number of carbonyl (C=O) groups excluding carboxylic acids is 1. The highest BCUT2D eigenvalue weighted by Gasteiger charge is 2.42. The molecule has 1 N–H and O–H groups in total. The van der Waals surface area contributed by atoms with E-state index in [1.54, 1.807) is 0 Å². The Hall–Kier alpha value is -0.770. The van der Waals surface area contributed by atoms with Crippen LogP contribution in [0.25, 0.3) is 0 Å². The lowest BCUT2D eigenvalue weighted by Crippen LogP contribution is -2.35. The van der Waals surface area contributed by atoms with Crippen molar-refractivity contribution in [3.63, 3.8) is 0 Å². The van der Waals surface area contributed by atoms with Crippen molar-refractivity contribution < 1.29 is 4.79 Å². The molecule has 0 aliphatic carbocycles. The molecule has 18 heavy (non-hydrogen) atoms. The van der Waals surface area contributed by atoms with Crippen LogP contribution in [0.4, 0.5) is 0 Å². The van der Waals surface area contributed by atoms with Gasteiger partial charge in [-0.2, -0.15) is 0 Å². The number of nitrogens with one attached hydrogen (secondary N) is 1. The maximum absolute atomic E-state index is 12.0. The van der Waals surface area contributed by atoms with E-state index < -0.39 is 0 Å². The third kappa shape index (κ3) is 2.00. The van der Waals surface area contributed by atoms with E-state index in [1.165, 1.54) is 0 Å². The molecule has 3 rings (SSSR count). The van der Waals surface area contributed by atoms with Crippen LogP contribution in [0.2, 0.25) is 10.0 Å². The summed E-state index contributed by atoms with van der Waals surface area (Å²) < 4.78 is 0. The number of nitrogens with zero attached hydrogens (tertiary/aromatic N) is 1. The first-order valence-corrected chi connectivity index (χ1v) is 6.88. The molecule has 0 saturated carbocycles. The van der Waals surface area contributed by atoms with Crippen LogP contribution in [0.5, 0.6) is 0 Å². The zero-order valence-electron chi connectivity index (χ0n) is 9.83. The molecule has 0 spiro atoms. The van der Waals surface area contributed by atoms with E-state index in [0.717, 1.165) is 18.5 Å². The predicted molar refractivity (Wildman–Crippen MR) is 71.8 cm³/mol. The normalized spacial score (nSPS) is 26.8. The maximum atomic E-state index is 12.0. The molecule has 0 unspecified atom stereocenters. The molecular formula is C13H14Cl2N2O. The molecule has 1 aromatic carbocycles. The second-order valence-electron chi connectivity index (χ2n) is 4.84. The molecule has 96 valence electrons. The smallest absolute Gasteiger partial charge is 0.224 e. The first kappa shape index (κ1) is 12.3. The zero-order valence-corrected chi connectivity index (χ0v) is 11.3. The monoisotopic (exact) mass is 284 g/mol. The number of benzene rings is 1. The van der Waals surface area contributed by atoms with E-state index in [2.05, 4.69) is 5.32 Å². The number of carbonyl (C=O) groups is 1. The van der Waals surface area contributed by atoms with Gasteiger partial charge in [0.2, 0.25) is 5.91 Å². The van der Waals surface area contributed by atoms with Crippen LogP contribution in [0.3, 0.4) is 0 Å². The number of rotatable bonds is 2. The molecule has 0 aromatic heterocycles. The SMILES string of the molecule is O=C1C[C@@H]2NCC[C@@H]2N1Cc1c(Cl)cccc1Cl.